The van der Waals surface area contributed by atoms with Crippen LogP contribution in [0.15, 0.2) is 53.6 Å². The van der Waals surface area contributed by atoms with E-state index in [2.05, 4.69) is 19.9 Å². The van der Waals surface area contributed by atoms with E-state index >= 15 is 0 Å². The Labute approximate surface area is 195 Å². The van der Waals surface area contributed by atoms with Gasteiger partial charge in [-0.2, -0.15) is 18.2 Å². The van der Waals surface area contributed by atoms with E-state index in [1.165, 1.54) is 27.3 Å². The molecule has 0 atom stereocenters. The zero-order valence-corrected chi connectivity index (χ0v) is 19.3. The normalized spacial score (nSPS) is 13.7. The van der Waals surface area contributed by atoms with Gasteiger partial charge in [0.15, 0.2) is 0 Å². The number of pyridine rings is 1. The first kappa shape index (κ1) is 23.7. The second kappa shape index (κ2) is 9.42. The molecular formula is C25H26F3N5O. The van der Waals surface area contributed by atoms with Gasteiger partial charge in [0.2, 0.25) is 0 Å². The zero-order valence-electron chi connectivity index (χ0n) is 19.3. The molecule has 0 saturated carbocycles. The van der Waals surface area contributed by atoms with E-state index in [-0.39, 0.29) is 5.69 Å². The van der Waals surface area contributed by atoms with Crippen LogP contribution >= 0.6 is 0 Å². The maximum absolute atomic E-state index is 12.7. The lowest BCUT2D eigenvalue weighted by molar-refractivity contribution is -0.141. The summed E-state index contributed by atoms with van der Waals surface area (Å²) in [6.07, 6.45) is 0.0601. The van der Waals surface area contributed by atoms with E-state index in [4.69, 9.17) is 0 Å². The average molecular weight is 470 g/mol. The summed E-state index contributed by atoms with van der Waals surface area (Å²) in [5, 5.41) is 4.60. The number of alkyl halides is 3. The van der Waals surface area contributed by atoms with Crippen LogP contribution in [0.3, 0.4) is 0 Å². The summed E-state index contributed by atoms with van der Waals surface area (Å²) in [6, 6.07) is 9.64. The molecule has 0 spiro atoms. The number of nitrogens with zero attached hydrogens (tertiary/aromatic N) is 4. The minimum atomic E-state index is -4.51. The standard InChI is InChI=1S/C23H20F3N5O.C2H6/c1-30-19-7-10-27-9-6-17(19)16-4-3-15(12-20(16)30)31-11-8-18(29-22(31)32)14-2-5-21(28-13-14)23(24,25)26;1-2/h2-5,8,11-13,27H,6-7,9-10H2,1H3;1-2H3. The van der Waals surface area contributed by atoms with Gasteiger partial charge < -0.3 is 9.88 Å². The van der Waals surface area contributed by atoms with E-state index in [0.29, 0.717) is 11.3 Å². The first-order valence-corrected chi connectivity index (χ1v) is 11.3. The van der Waals surface area contributed by atoms with Crippen molar-refractivity contribution in [2.24, 2.45) is 7.05 Å². The second-order valence-electron chi connectivity index (χ2n) is 7.83. The highest BCUT2D eigenvalue weighted by molar-refractivity contribution is 5.87. The molecular weight excluding hydrogens is 443 g/mol. The van der Waals surface area contributed by atoms with Gasteiger partial charge in [-0.15, -0.1) is 0 Å². The maximum atomic E-state index is 12.7. The number of fused-ring (bicyclic) bond motifs is 3. The predicted molar refractivity (Wildman–Crippen MR) is 126 cm³/mol. The molecule has 0 aliphatic carbocycles. The van der Waals surface area contributed by atoms with Gasteiger partial charge >= 0.3 is 11.9 Å². The first-order chi connectivity index (χ1) is 16.3. The zero-order chi connectivity index (χ0) is 24.5. The van der Waals surface area contributed by atoms with Crippen LogP contribution in [0, 0.1) is 0 Å². The Balaban J connectivity index is 0.00000133. The van der Waals surface area contributed by atoms with Crippen LogP contribution in [0.25, 0.3) is 27.8 Å². The van der Waals surface area contributed by atoms with Crippen molar-refractivity contribution in [3.05, 3.63) is 76.2 Å². The summed E-state index contributed by atoms with van der Waals surface area (Å²) in [6.45, 7) is 5.88. The fraction of sp³-hybridized carbons (Fsp3) is 0.320. The fourth-order valence-electron chi connectivity index (χ4n) is 4.32. The Morgan fingerprint density at radius 2 is 1.79 bits per heavy atom. The molecule has 0 unspecified atom stereocenters. The number of benzene rings is 1. The smallest absolute Gasteiger partial charge is 0.347 e. The third-order valence-corrected chi connectivity index (χ3v) is 5.94. The third kappa shape index (κ3) is 4.35. The van der Waals surface area contributed by atoms with Crippen molar-refractivity contribution in [3.63, 3.8) is 0 Å². The molecule has 4 aromatic rings. The minimum Gasteiger partial charge on any atom is -0.347 e. The van der Waals surface area contributed by atoms with Gasteiger partial charge in [0, 0.05) is 49.1 Å². The number of halogens is 3. The van der Waals surface area contributed by atoms with Crippen molar-refractivity contribution in [3.8, 4) is 16.9 Å². The van der Waals surface area contributed by atoms with Crippen LogP contribution in [0.4, 0.5) is 13.2 Å². The van der Waals surface area contributed by atoms with Crippen LogP contribution < -0.4 is 11.0 Å². The monoisotopic (exact) mass is 469 g/mol. The lowest BCUT2D eigenvalue weighted by Gasteiger charge is -2.09. The number of nitrogens with one attached hydrogen (secondary N) is 1. The van der Waals surface area contributed by atoms with Gasteiger partial charge in [-0.25, -0.2) is 4.79 Å². The summed E-state index contributed by atoms with van der Waals surface area (Å²) in [5.41, 5.74) is 3.50. The molecule has 178 valence electrons. The van der Waals surface area contributed by atoms with Crippen LogP contribution in [0.5, 0.6) is 0 Å². The van der Waals surface area contributed by atoms with Gasteiger partial charge in [-0.1, -0.05) is 19.9 Å². The van der Waals surface area contributed by atoms with E-state index in [1.54, 1.807) is 12.3 Å². The summed E-state index contributed by atoms with van der Waals surface area (Å²) < 4.78 is 41.8. The van der Waals surface area contributed by atoms with Crippen molar-refractivity contribution >= 4 is 10.9 Å². The van der Waals surface area contributed by atoms with Crippen molar-refractivity contribution in [2.45, 2.75) is 32.9 Å². The van der Waals surface area contributed by atoms with Gasteiger partial charge in [-0.05, 0) is 48.9 Å². The molecule has 0 amide bonds. The number of aryl methyl sites for hydroxylation is 1. The first-order valence-electron chi connectivity index (χ1n) is 11.3. The Hall–Kier alpha value is -3.46. The van der Waals surface area contributed by atoms with Gasteiger partial charge in [-0.3, -0.25) is 9.55 Å². The Kier molecular flexibility index (Phi) is 6.56. The molecule has 0 bridgehead atoms. The average Bonchev–Trinajstić information content (AvgIpc) is 2.98. The molecule has 34 heavy (non-hydrogen) atoms. The van der Waals surface area contributed by atoms with E-state index in [0.717, 1.165) is 43.7 Å². The molecule has 0 saturated heterocycles. The number of hydrogen-bond acceptors (Lipinski definition) is 4. The predicted octanol–water partition coefficient (Wildman–Crippen LogP) is 4.52. The number of hydrogen-bond donors (Lipinski definition) is 1. The molecule has 1 aliphatic heterocycles. The van der Waals surface area contributed by atoms with E-state index in [1.807, 2.05) is 39.1 Å². The number of aromatic nitrogens is 4. The third-order valence-electron chi connectivity index (χ3n) is 5.94. The molecule has 6 nitrogen and oxygen atoms in total. The molecule has 0 fully saturated rings. The SMILES string of the molecule is CC.Cn1c2c(c3ccc(-n4ccc(-c5ccc(C(F)(F)F)nc5)nc4=O)cc31)CCNCC2. The maximum Gasteiger partial charge on any atom is 0.433 e. The van der Waals surface area contributed by atoms with E-state index in [9.17, 15) is 18.0 Å². The summed E-state index contributed by atoms with van der Waals surface area (Å²) in [5.74, 6) is 0. The summed E-state index contributed by atoms with van der Waals surface area (Å²) in [4.78, 5) is 20.2. The Morgan fingerprint density at radius 1 is 1.03 bits per heavy atom. The van der Waals surface area contributed by atoms with Crippen LogP contribution in [0.2, 0.25) is 0 Å². The van der Waals surface area contributed by atoms with Crippen molar-refractivity contribution < 1.29 is 13.2 Å². The highest BCUT2D eigenvalue weighted by Gasteiger charge is 2.32. The molecule has 1 aliphatic rings. The van der Waals surface area contributed by atoms with Crippen LogP contribution in [-0.4, -0.2) is 32.2 Å². The van der Waals surface area contributed by atoms with Gasteiger partial charge in [0.05, 0.1) is 16.9 Å². The van der Waals surface area contributed by atoms with Crippen LogP contribution in [0.1, 0.15) is 30.8 Å². The summed E-state index contributed by atoms with van der Waals surface area (Å²) >= 11 is 0. The fourth-order valence-corrected chi connectivity index (χ4v) is 4.32. The molecule has 4 heterocycles. The largest absolute Gasteiger partial charge is 0.433 e. The van der Waals surface area contributed by atoms with Crippen molar-refractivity contribution in [2.75, 3.05) is 13.1 Å². The van der Waals surface area contributed by atoms with E-state index < -0.39 is 17.6 Å². The molecule has 5 rings (SSSR count). The van der Waals surface area contributed by atoms with Crippen molar-refractivity contribution in [1.29, 1.82) is 0 Å². The highest BCUT2D eigenvalue weighted by Crippen LogP contribution is 2.30. The number of rotatable bonds is 2. The lowest BCUT2D eigenvalue weighted by Crippen LogP contribution is -2.21. The molecule has 9 heteroatoms. The van der Waals surface area contributed by atoms with Gasteiger partial charge in [0.1, 0.15) is 5.69 Å². The van der Waals surface area contributed by atoms with Gasteiger partial charge in [0.25, 0.3) is 0 Å². The van der Waals surface area contributed by atoms with Crippen LogP contribution in [-0.2, 0) is 26.1 Å². The minimum absolute atomic E-state index is 0.270. The lowest BCUT2D eigenvalue weighted by atomic mass is 10.1. The molecule has 0 radical (unpaired) electrons. The molecule has 1 N–H and O–H groups in total. The highest BCUT2D eigenvalue weighted by atomic mass is 19.4. The topological polar surface area (TPSA) is 64.7 Å². The quantitative estimate of drug-likeness (QED) is 0.469. The molecule has 3 aromatic heterocycles. The Morgan fingerprint density at radius 3 is 2.47 bits per heavy atom. The van der Waals surface area contributed by atoms with Crippen molar-refractivity contribution in [1.82, 2.24) is 24.4 Å². The second-order valence-corrected chi connectivity index (χ2v) is 7.83. The molecule has 1 aromatic carbocycles. The summed E-state index contributed by atoms with van der Waals surface area (Å²) in [7, 11) is 2.04. The Bertz CT molecular complexity index is 1370.